The van der Waals surface area contributed by atoms with E-state index < -0.39 is 12.3 Å². The van der Waals surface area contributed by atoms with Gasteiger partial charge in [0.05, 0.1) is 0 Å². The second kappa shape index (κ2) is 5.57. The first kappa shape index (κ1) is 14.8. The van der Waals surface area contributed by atoms with Gasteiger partial charge in [0.15, 0.2) is 0 Å². The van der Waals surface area contributed by atoms with Crippen LogP contribution in [0.5, 0.6) is 17.2 Å². The topological polar surface area (TPSA) is 18.5 Å². The third-order valence-corrected chi connectivity index (χ3v) is 3.31. The summed E-state index contributed by atoms with van der Waals surface area (Å²) >= 11 is 5.79. The summed E-state index contributed by atoms with van der Waals surface area (Å²) in [6, 6.07) is 11.4. The van der Waals surface area contributed by atoms with E-state index in [0.29, 0.717) is 22.1 Å². The summed E-state index contributed by atoms with van der Waals surface area (Å²) in [4.78, 5) is 0. The third kappa shape index (κ3) is 3.20. The first-order valence-electron chi connectivity index (χ1n) is 6.41. The fourth-order valence-corrected chi connectivity index (χ4v) is 2.14. The SMILES string of the molecule is FC(F)(F)C1C=Cc2cc(Oc3ccc(Cl)cc3)ccc2O1. The Bertz CT molecular complexity index is 708. The van der Waals surface area contributed by atoms with Gasteiger partial charge in [0.1, 0.15) is 17.2 Å². The molecule has 0 saturated heterocycles. The van der Waals surface area contributed by atoms with Crippen LogP contribution in [-0.2, 0) is 0 Å². The fraction of sp³-hybridized carbons (Fsp3) is 0.125. The van der Waals surface area contributed by atoms with Crippen molar-refractivity contribution in [2.45, 2.75) is 12.3 Å². The van der Waals surface area contributed by atoms with Crippen molar-refractivity contribution in [3.05, 3.63) is 59.1 Å². The van der Waals surface area contributed by atoms with Crippen LogP contribution in [0.15, 0.2) is 48.5 Å². The standard InChI is InChI=1S/C16H10ClF3O2/c17-11-2-4-12(5-3-11)21-13-6-7-14-10(9-13)1-8-15(22-14)16(18,19)20/h1-9,15H. The van der Waals surface area contributed by atoms with Crippen LogP contribution in [0, 0.1) is 0 Å². The molecule has 1 unspecified atom stereocenters. The molecule has 0 fully saturated rings. The van der Waals surface area contributed by atoms with Crippen LogP contribution in [0.25, 0.3) is 6.08 Å². The van der Waals surface area contributed by atoms with E-state index >= 15 is 0 Å². The number of benzene rings is 2. The number of ether oxygens (including phenoxy) is 2. The minimum absolute atomic E-state index is 0.174. The molecule has 1 aliphatic heterocycles. The molecule has 0 amide bonds. The van der Waals surface area contributed by atoms with Crippen molar-refractivity contribution in [3.8, 4) is 17.2 Å². The zero-order valence-corrected chi connectivity index (χ0v) is 11.9. The number of rotatable bonds is 2. The van der Waals surface area contributed by atoms with Crippen LogP contribution in [0.3, 0.4) is 0 Å². The Balaban J connectivity index is 1.80. The lowest BCUT2D eigenvalue weighted by Crippen LogP contribution is -2.33. The number of hydrogen-bond acceptors (Lipinski definition) is 2. The molecular formula is C16H10ClF3O2. The molecule has 1 atom stereocenters. The van der Waals surface area contributed by atoms with Gasteiger partial charge in [0.2, 0.25) is 6.10 Å². The molecule has 2 aromatic carbocycles. The van der Waals surface area contributed by atoms with Crippen molar-refractivity contribution in [1.29, 1.82) is 0 Å². The Morgan fingerprint density at radius 1 is 1.00 bits per heavy atom. The maximum absolute atomic E-state index is 12.6. The van der Waals surface area contributed by atoms with Gasteiger partial charge in [-0.25, -0.2) is 0 Å². The van der Waals surface area contributed by atoms with Gasteiger partial charge < -0.3 is 9.47 Å². The van der Waals surface area contributed by atoms with Gasteiger partial charge in [0.25, 0.3) is 0 Å². The summed E-state index contributed by atoms with van der Waals surface area (Å²) in [6.45, 7) is 0. The minimum Gasteiger partial charge on any atom is -0.476 e. The van der Waals surface area contributed by atoms with Crippen LogP contribution >= 0.6 is 11.6 Å². The monoisotopic (exact) mass is 326 g/mol. The first-order valence-corrected chi connectivity index (χ1v) is 6.79. The van der Waals surface area contributed by atoms with E-state index in [-0.39, 0.29) is 5.75 Å². The molecule has 2 nitrogen and oxygen atoms in total. The van der Waals surface area contributed by atoms with Gasteiger partial charge in [-0.05, 0) is 48.5 Å². The van der Waals surface area contributed by atoms with E-state index in [1.807, 2.05) is 0 Å². The Labute approximate surface area is 129 Å². The summed E-state index contributed by atoms with van der Waals surface area (Å²) in [6.07, 6.45) is -3.98. The van der Waals surface area contributed by atoms with Gasteiger partial charge >= 0.3 is 6.18 Å². The van der Waals surface area contributed by atoms with Gasteiger partial charge in [-0.15, -0.1) is 0 Å². The van der Waals surface area contributed by atoms with E-state index in [0.717, 1.165) is 6.08 Å². The fourth-order valence-electron chi connectivity index (χ4n) is 2.01. The average molecular weight is 327 g/mol. The van der Waals surface area contributed by atoms with Crippen molar-refractivity contribution in [3.63, 3.8) is 0 Å². The molecule has 6 heteroatoms. The molecule has 0 bridgehead atoms. The van der Waals surface area contributed by atoms with Crippen LogP contribution in [0.1, 0.15) is 5.56 Å². The minimum atomic E-state index is -4.42. The van der Waals surface area contributed by atoms with Crippen LogP contribution in [0.4, 0.5) is 13.2 Å². The highest BCUT2D eigenvalue weighted by molar-refractivity contribution is 6.30. The summed E-state index contributed by atoms with van der Waals surface area (Å²) in [7, 11) is 0. The summed E-state index contributed by atoms with van der Waals surface area (Å²) in [5, 5.41) is 0.590. The van der Waals surface area contributed by atoms with Gasteiger partial charge in [-0.1, -0.05) is 17.7 Å². The lowest BCUT2D eigenvalue weighted by Gasteiger charge is -2.23. The summed E-state index contributed by atoms with van der Waals surface area (Å²) in [5.74, 6) is 1.26. The molecule has 0 aliphatic carbocycles. The molecule has 22 heavy (non-hydrogen) atoms. The lowest BCUT2D eigenvalue weighted by molar-refractivity contribution is -0.180. The van der Waals surface area contributed by atoms with Crippen LogP contribution in [-0.4, -0.2) is 12.3 Å². The second-order valence-corrected chi connectivity index (χ2v) is 5.13. The normalized spacial score (nSPS) is 16.8. The number of fused-ring (bicyclic) bond motifs is 1. The number of hydrogen-bond donors (Lipinski definition) is 0. The van der Waals surface area contributed by atoms with E-state index in [2.05, 4.69) is 0 Å². The molecule has 0 radical (unpaired) electrons. The Morgan fingerprint density at radius 2 is 1.68 bits per heavy atom. The first-order chi connectivity index (χ1) is 10.4. The van der Waals surface area contributed by atoms with E-state index in [1.165, 1.54) is 12.1 Å². The lowest BCUT2D eigenvalue weighted by atomic mass is 10.1. The quantitative estimate of drug-likeness (QED) is 0.728. The summed E-state index contributed by atoms with van der Waals surface area (Å²) < 4.78 is 48.4. The van der Waals surface area contributed by atoms with Gasteiger partial charge in [0, 0.05) is 10.6 Å². The molecule has 0 aromatic heterocycles. The van der Waals surface area contributed by atoms with Crippen LogP contribution in [0.2, 0.25) is 5.02 Å². The Hall–Kier alpha value is -2.14. The van der Waals surface area contributed by atoms with E-state index in [1.54, 1.807) is 36.4 Å². The second-order valence-electron chi connectivity index (χ2n) is 4.69. The smallest absolute Gasteiger partial charge is 0.429 e. The van der Waals surface area contributed by atoms with Gasteiger partial charge in [-0.2, -0.15) is 13.2 Å². The highest BCUT2D eigenvalue weighted by Gasteiger charge is 2.41. The molecule has 3 rings (SSSR count). The van der Waals surface area contributed by atoms with E-state index in [9.17, 15) is 13.2 Å². The maximum Gasteiger partial charge on any atom is 0.429 e. The van der Waals surface area contributed by atoms with Crippen molar-refractivity contribution in [2.75, 3.05) is 0 Å². The highest BCUT2D eigenvalue weighted by atomic mass is 35.5. The molecule has 114 valence electrons. The largest absolute Gasteiger partial charge is 0.476 e. The Kier molecular flexibility index (Phi) is 3.74. The molecule has 0 N–H and O–H groups in total. The predicted molar refractivity (Wildman–Crippen MR) is 77.5 cm³/mol. The van der Waals surface area contributed by atoms with E-state index in [4.69, 9.17) is 21.1 Å². The van der Waals surface area contributed by atoms with Crippen LogP contribution < -0.4 is 9.47 Å². The number of halogens is 4. The highest BCUT2D eigenvalue weighted by Crippen LogP contribution is 2.35. The zero-order valence-electron chi connectivity index (χ0n) is 11.1. The number of alkyl halides is 3. The molecule has 1 heterocycles. The molecule has 0 spiro atoms. The third-order valence-electron chi connectivity index (χ3n) is 3.06. The maximum atomic E-state index is 12.6. The predicted octanol–water partition coefficient (Wildman–Crippen LogP) is 5.47. The van der Waals surface area contributed by atoms with Crippen molar-refractivity contribution >= 4 is 17.7 Å². The van der Waals surface area contributed by atoms with Crippen molar-refractivity contribution < 1.29 is 22.6 Å². The summed E-state index contributed by atoms with van der Waals surface area (Å²) in [5.41, 5.74) is 0.534. The average Bonchev–Trinajstić information content (AvgIpc) is 2.48. The molecule has 1 aliphatic rings. The molecule has 2 aromatic rings. The Morgan fingerprint density at radius 3 is 2.36 bits per heavy atom. The van der Waals surface area contributed by atoms with Crippen molar-refractivity contribution in [1.82, 2.24) is 0 Å². The molecule has 0 saturated carbocycles. The van der Waals surface area contributed by atoms with Crippen molar-refractivity contribution in [2.24, 2.45) is 0 Å². The van der Waals surface area contributed by atoms with Gasteiger partial charge in [-0.3, -0.25) is 0 Å². The molecular weight excluding hydrogens is 317 g/mol. The zero-order chi connectivity index (χ0) is 15.7.